The van der Waals surface area contributed by atoms with Crippen LogP contribution in [-0.2, 0) is 4.74 Å². The van der Waals surface area contributed by atoms with Crippen molar-refractivity contribution in [1.29, 1.82) is 0 Å². The van der Waals surface area contributed by atoms with Gasteiger partial charge in [-0.25, -0.2) is 0 Å². The molecular formula is C15H25N3O2. The molecule has 20 heavy (non-hydrogen) atoms. The zero-order valence-electron chi connectivity index (χ0n) is 12.1. The van der Waals surface area contributed by atoms with Crippen molar-refractivity contribution in [3.8, 4) is 0 Å². The number of anilines is 1. The van der Waals surface area contributed by atoms with Gasteiger partial charge in [-0.1, -0.05) is 0 Å². The van der Waals surface area contributed by atoms with Crippen LogP contribution < -0.4 is 10.6 Å². The molecule has 1 aromatic rings. The molecule has 1 aromatic heterocycles. The number of hydrogen-bond donors (Lipinski definition) is 1. The molecule has 3 rings (SSSR count). The largest absolute Gasteiger partial charge is 0.444 e. The minimum atomic E-state index is 0.178. The Morgan fingerprint density at radius 2 is 1.80 bits per heavy atom. The third-order valence-electron chi connectivity index (χ3n) is 4.32. The van der Waals surface area contributed by atoms with Crippen LogP contribution >= 0.6 is 0 Å². The number of ether oxygens (including phenoxy) is 1. The number of hydrogen-bond acceptors (Lipinski definition) is 5. The minimum absolute atomic E-state index is 0.178. The molecule has 5 nitrogen and oxygen atoms in total. The van der Waals surface area contributed by atoms with E-state index in [2.05, 4.69) is 21.9 Å². The van der Waals surface area contributed by atoms with Crippen LogP contribution in [0.15, 0.2) is 16.5 Å². The molecule has 3 heterocycles. The van der Waals surface area contributed by atoms with Crippen molar-refractivity contribution < 1.29 is 9.15 Å². The topological polar surface area (TPSA) is 54.9 Å². The van der Waals surface area contributed by atoms with Crippen LogP contribution in [0, 0.1) is 0 Å². The van der Waals surface area contributed by atoms with Crippen LogP contribution in [0.3, 0.4) is 0 Å². The van der Waals surface area contributed by atoms with Gasteiger partial charge < -0.3 is 19.8 Å². The van der Waals surface area contributed by atoms with E-state index in [9.17, 15) is 0 Å². The van der Waals surface area contributed by atoms with Crippen molar-refractivity contribution in [1.82, 2.24) is 4.90 Å². The zero-order valence-corrected chi connectivity index (χ0v) is 12.1. The van der Waals surface area contributed by atoms with Crippen molar-refractivity contribution in [3.63, 3.8) is 0 Å². The lowest BCUT2D eigenvalue weighted by molar-refractivity contribution is 0.0137. The van der Waals surface area contributed by atoms with Gasteiger partial charge in [0.05, 0.1) is 19.3 Å². The maximum absolute atomic E-state index is 6.09. The number of furan rings is 1. The smallest absolute Gasteiger partial charge is 0.195 e. The fraction of sp³-hybridized carbons (Fsp3) is 0.733. The van der Waals surface area contributed by atoms with E-state index in [1.807, 2.05) is 0 Å². The summed E-state index contributed by atoms with van der Waals surface area (Å²) in [6.45, 7) is 6.25. The average Bonchev–Trinajstić information content (AvgIpc) is 3.00. The van der Waals surface area contributed by atoms with Gasteiger partial charge >= 0.3 is 0 Å². The molecule has 5 heteroatoms. The van der Waals surface area contributed by atoms with Gasteiger partial charge in [0.1, 0.15) is 5.76 Å². The summed E-state index contributed by atoms with van der Waals surface area (Å²) in [6, 6.07) is 4.37. The third-order valence-corrected chi connectivity index (χ3v) is 4.32. The first-order chi connectivity index (χ1) is 9.88. The van der Waals surface area contributed by atoms with Gasteiger partial charge in [-0.3, -0.25) is 4.90 Å². The monoisotopic (exact) mass is 279 g/mol. The maximum atomic E-state index is 6.09. The van der Waals surface area contributed by atoms with Crippen molar-refractivity contribution in [2.75, 3.05) is 50.8 Å². The molecule has 0 unspecified atom stereocenters. The van der Waals surface area contributed by atoms with E-state index in [-0.39, 0.29) is 6.04 Å². The average molecular weight is 279 g/mol. The molecule has 0 aromatic carbocycles. The molecule has 0 saturated carbocycles. The molecule has 2 fully saturated rings. The van der Waals surface area contributed by atoms with Crippen LogP contribution in [-0.4, -0.2) is 50.8 Å². The van der Waals surface area contributed by atoms with Crippen LogP contribution in [0.25, 0.3) is 0 Å². The summed E-state index contributed by atoms with van der Waals surface area (Å²) in [7, 11) is 0. The Morgan fingerprint density at radius 1 is 1.05 bits per heavy atom. The molecule has 0 radical (unpaired) electrons. The van der Waals surface area contributed by atoms with Crippen LogP contribution in [0.2, 0.25) is 0 Å². The lowest BCUT2D eigenvalue weighted by Crippen LogP contribution is -2.41. The quantitative estimate of drug-likeness (QED) is 0.907. The molecule has 2 saturated heterocycles. The second-order valence-electron chi connectivity index (χ2n) is 5.62. The van der Waals surface area contributed by atoms with E-state index < -0.39 is 0 Å². The Kier molecular flexibility index (Phi) is 4.60. The Morgan fingerprint density at radius 3 is 2.50 bits per heavy atom. The Labute approximate surface area is 120 Å². The molecule has 2 aliphatic rings. The molecule has 112 valence electrons. The highest BCUT2D eigenvalue weighted by Gasteiger charge is 2.25. The maximum Gasteiger partial charge on any atom is 0.195 e. The predicted molar refractivity (Wildman–Crippen MR) is 79.0 cm³/mol. The van der Waals surface area contributed by atoms with Gasteiger partial charge in [0.15, 0.2) is 5.88 Å². The summed E-state index contributed by atoms with van der Waals surface area (Å²) >= 11 is 0. The third kappa shape index (κ3) is 3.00. The SMILES string of the molecule is NC[C@H](c1ccc(N2CCCCC2)o1)N1CCOCC1. The zero-order chi connectivity index (χ0) is 13.8. The molecule has 2 aliphatic heterocycles. The number of rotatable bonds is 4. The summed E-state index contributed by atoms with van der Waals surface area (Å²) in [5.74, 6) is 2.00. The molecule has 1 atom stereocenters. The number of piperidine rings is 1. The summed E-state index contributed by atoms with van der Waals surface area (Å²) in [4.78, 5) is 4.71. The summed E-state index contributed by atoms with van der Waals surface area (Å²) in [6.07, 6.45) is 3.86. The van der Waals surface area contributed by atoms with Crippen molar-refractivity contribution in [3.05, 3.63) is 17.9 Å². The molecule has 0 spiro atoms. The Balaban J connectivity index is 1.70. The molecule has 0 amide bonds. The van der Waals surface area contributed by atoms with Gasteiger partial charge in [-0.2, -0.15) is 0 Å². The van der Waals surface area contributed by atoms with Crippen LogP contribution in [0.1, 0.15) is 31.1 Å². The first-order valence-electron chi connectivity index (χ1n) is 7.75. The van der Waals surface area contributed by atoms with E-state index in [0.29, 0.717) is 6.54 Å². The van der Waals surface area contributed by atoms with Gasteiger partial charge in [0, 0.05) is 38.8 Å². The molecular weight excluding hydrogens is 254 g/mol. The van der Waals surface area contributed by atoms with Gasteiger partial charge in [0.25, 0.3) is 0 Å². The van der Waals surface area contributed by atoms with E-state index in [0.717, 1.165) is 51.0 Å². The van der Waals surface area contributed by atoms with Gasteiger partial charge in [0.2, 0.25) is 0 Å². The summed E-state index contributed by atoms with van der Waals surface area (Å²) in [5, 5.41) is 0. The van der Waals surface area contributed by atoms with Crippen LogP contribution in [0.4, 0.5) is 5.88 Å². The second kappa shape index (κ2) is 6.61. The minimum Gasteiger partial charge on any atom is -0.444 e. The van der Waals surface area contributed by atoms with E-state index in [1.54, 1.807) is 0 Å². The van der Waals surface area contributed by atoms with E-state index >= 15 is 0 Å². The Hall–Kier alpha value is -1.04. The Bertz CT molecular complexity index is 409. The lowest BCUT2D eigenvalue weighted by Gasteiger charge is -2.32. The fourth-order valence-corrected chi connectivity index (χ4v) is 3.14. The molecule has 2 N–H and O–H groups in total. The predicted octanol–water partition coefficient (Wildman–Crippen LogP) is 1.60. The highest BCUT2D eigenvalue weighted by atomic mass is 16.5. The highest BCUT2D eigenvalue weighted by Crippen LogP contribution is 2.28. The molecule has 0 aliphatic carbocycles. The summed E-state index contributed by atoms with van der Waals surface area (Å²) < 4.78 is 11.5. The van der Waals surface area contributed by atoms with E-state index in [1.165, 1.54) is 19.3 Å². The van der Waals surface area contributed by atoms with Crippen molar-refractivity contribution in [2.45, 2.75) is 25.3 Å². The van der Waals surface area contributed by atoms with E-state index in [4.69, 9.17) is 14.9 Å². The first-order valence-corrected chi connectivity index (χ1v) is 7.75. The van der Waals surface area contributed by atoms with Crippen molar-refractivity contribution >= 4 is 5.88 Å². The lowest BCUT2D eigenvalue weighted by atomic mass is 10.1. The summed E-state index contributed by atoms with van der Waals surface area (Å²) in [5.41, 5.74) is 5.97. The first kappa shape index (κ1) is 13.9. The second-order valence-corrected chi connectivity index (χ2v) is 5.62. The number of morpholine rings is 1. The van der Waals surface area contributed by atoms with Gasteiger partial charge in [-0.05, 0) is 25.3 Å². The standard InChI is InChI=1S/C15H25N3O2/c16-12-13(17-8-10-19-11-9-17)14-4-5-15(20-14)18-6-2-1-3-7-18/h4-5,13H,1-3,6-12,16H2/t13-/m1/s1. The highest BCUT2D eigenvalue weighted by molar-refractivity contribution is 5.37. The number of nitrogens with two attached hydrogens (primary N) is 1. The molecule has 0 bridgehead atoms. The van der Waals surface area contributed by atoms with Crippen LogP contribution in [0.5, 0.6) is 0 Å². The number of nitrogens with zero attached hydrogens (tertiary/aromatic N) is 2. The van der Waals surface area contributed by atoms with Gasteiger partial charge in [-0.15, -0.1) is 0 Å². The fourth-order valence-electron chi connectivity index (χ4n) is 3.14. The normalized spacial score (nSPS) is 22.9. The van der Waals surface area contributed by atoms with Crippen molar-refractivity contribution in [2.24, 2.45) is 5.73 Å².